The molecule has 4 heteroatoms. The number of ketones is 1. The predicted molar refractivity (Wildman–Crippen MR) is 72.4 cm³/mol. The summed E-state index contributed by atoms with van der Waals surface area (Å²) in [4.78, 5) is 13.2. The van der Waals surface area contributed by atoms with Gasteiger partial charge in [-0.3, -0.25) is 4.79 Å². The van der Waals surface area contributed by atoms with E-state index in [2.05, 4.69) is 6.07 Å². The van der Waals surface area contributed by atoms with Crippen molar-refractivity contribution in [1.29, 1.82) is 5.26 Å². The number of carbonyl (C=O) groups excluding carboxylic acids is 1. The van der Waals surface area contributed by atoms with Gasteiger partial charge in [0, 0.05) is 25.2 Å². The van der Waals surface area contributed by atoms with Crippen molar-refractivity contribution in [1.82, 2.24) is 0 Å². The molecule has 19 heavy (non-hydrogen) atoms. The molecule has 0 atom stereocenters. The highest BCUT2D eigenvalue weighted by Crippen LogP contribution is 2.27. The molecular weight excluding hydrogens is 240 g/mol. The molecule has 1 aromatic carbocycles. The number of carbonyl (C=O) groups is 1. The number of nitriles is 1. The van der Waals surface area contributed by atoms with Gasteiger partial charge in [-0.05, 0) is 18.2 Å². The molecule has 1 heterocycles. The second-order valence-electron chi connectivity index (χ2n) is 4.09. The lowest BCUT2D eigenvalue weighted by atomic mass is 10.2. The third-order valence-electron chi connectivity index (χ3n) is 2.72. The summed E-state index contributed by atoms with van der Waals surface area (Å²) in [5, 5.41) is 8.74. The number of nitrogens with zero attached hydrogens (tertiary/aromatic N) is 2. The summed E-state index contributed by atoms with van der Waals surface area (Å²) < 4.78 is 5.53. The first-order valence-corrected chi connectivity index (χ1v) is 6.02. The molecule has 1 aromatic heterocycles. The van der Waals surface area contributed by atoms with Crippen LogP contribution in [0.2, 0.25) is 0 Å². The lowest BCUT2D eigenvalue weighted by Crippen LogP contribution is -2.17. The summed E-state index contributed by atoms with van der Waals surface area (Å²) in [6.45, 7) is 1.98. The van der Waals surface area contributed by atoms with Crippen LogP contribution in [0.4, 0.5) is 11.6 Å². The Morgan fingerprint density at radius 2 is 2.00 bits per heavy atom. The first-order valence-electron chi connectivity index (χ1n) is 6.02. The summed E-state index contributed by atoms with van der Waals surface area (Å²) in [6.07, 6.45) is 0.380. The van der Waals surface area contributed by atoms with Gasteiger partial charge in [-0.15, -0.1) is 0 Å². The number of Topliss-reactive ketones (excluding diaryl/α,β-unsaturated/α-hetero) is 1. The van der Waals surface area contributed by atoms with E-state index >= 15 is 0 Å². The predicted octanol–water partition coefficient (Wildman–Crippen LogP) is 3.53. The Balaban J connectivity index is 2.32. The zero-order valence-corrected chi connectivity index (χ0v) is 10.7. The van der Waals surface area contributed by atoms with Gasteiger partial charge in [-0.2, -0.15) is 5.26 Å². The Labute approximate surface area is 111 Å². The molecule has 0 amide bonds. The number of para-hydroxylation sites is 1. The number of furan rings is 1. The SMILES string of the molecule is CC(=O)c1ccc(N(CCC#N)c2ccccc2)o1. The number of hydrogen-bond acceptors (Lipinski definition) is 4. The first-order chi connectivity index (χ1) is 9.22. The van der Waals surface area contributed by atoms with Gasteiger partial charge in [-0.1, -0.05) is 18.2 Å². The van der Waals surface area contributed by atoms with Crippen LogP contribution >= 0.6 is 0 Å². The van der Waals surface area contributed by atoms with E-state index in [4.69, 9.17) is 9.68 Å². The van der Waals surface area contributed by atoms with Gasteiger partial charge in [0.1, 0.15) is 0 Å². The average Bonchev–Trinajstić information content (AvgIpc) is 2.90. The highest BCUT2D eigenvalue weighted by atomic mass is 16.4. The van der Waals surface area contributed by atoms with E-state index in [1.54, 1.807) is 12.1 Å². The molecule has 0 radical (unpaired) electrons. The monoisotopic (exact) mass is 254 g/mol. The second kappa shape index (κ2) is 5.87. The fraction of sp³-hybridized carbons (Fsp3) is 0.200. The van der Waals surface area contributed by atoms with Crippen molar-refractivity contribution in [3.8, 4) is 6.07 Å². The molecule has 0 saturated heterocycles. The van der Waals surface area contributed by atoms with Crippen LogP contribution in [0, 0.1) is 11.3 Å². The first kappa shape index (κ1) is 12.9. The summed E-state index contributed by atoms with van der Waals surface area (Å²) in [5.41, 5.74) is 0.933. The lowest BCUT2D eigenvalue weighted by molar-refractivity contribution is 0.0988. The summed E-state index contributed by atoms with van der Waals surface area (Å²) in [7, 11) is 0. The molecule has 0 N–H and O–H groups in total. The topological polar surface area (TPSA) is 57.2 Å². The van der Waals surface area contributed by atoms with Crippen molar-refractivity contribution in [2.75, 3.05) is 11.4 Å². The smallest absolute Gasteiger partial charge is 0.200 e. The van der Waals surface area contributed by atoms with Crippen molar-refractivity contribution in [2.45, 2.75) is 13.3 Å². The molecule has 4 nitrogen and oxygen atoms in total. The fourth-order valence-corrected chi connectivity index (χ4v) is 1.80. The van der Waals surface area contributed by atoms with E-state index in [-0.39, 0.29) is 5.78 Å². The van der Waals surface area contributed by atoms with E-state index in [9.17, 15) is 4.79 Å². The van der Waals surface area contributed by atoms with Crippen molar-refractivity contribution in [3.05, 3.63) is 48.2 Å². The number of hydrogen-bond donors (Lipinski definition) is 0. The largest absolute Gasteiger partial charge is 0.437 e. The van der Waals surface area contributed by atoms with Gasteiger partial charge < -0.3 is 9.32 Å². The zero-order chi connectivity index (χ0) is 13.7. The van der Waals surface area contributed by atoms with Crippen LogP contribution in [0.3, 0.4) is 0 Å². The normalized spacial score (nSPS) is 9.89. The molecule has 0 aliphatic carbocycles. The van der Waals surface area contributed by atoms with Crippen LogP contribution in [0.5, 0.6) is 0 Å². The molecule has 0 spiro atoms. The Kier molecular flexibility index (Phi) is 3.99. The van der Waals surface area contributed by atoms with E-state index in [1.807, 2.05) is 35.2 Å². The third kappa shape index (κ3) is 3.02. The highest BCUT2D eigenvalue weighted by Gasteiger charge is 2.14. The Morgan fingerprint density at radius 1 is 1.26 bits per heavy atom. The van der Waals surface area contributed by atoms with Gasteiger partial charge in [-0.25, -0.2) is 0 Å². The molecule has 0 aliphatic rings. The average molecular weight is 254 g/mol. The summed E-state index contributed by atoms with van der Waals surface area (Å²) >= 11 is 0. The van der Waals surface area contributed by atoms with Crippen LogP contribution < -0.4 is 4.90 Å². The van der Waals surface area contributed by atoms with Crippen molar-refractivity contribution in [2.24, 2.45) is 0 Å². The minimum absolute atomic E-state index is 0.112. The van der Waals surface area contributed by atoms with E-state index in [0.717, 1.165) is 5.69 Å². The van der Waals surface area contributed by atoms with Gasteiger partial charge in [0.15, 0.2) is 11.5 Å². The van der Waals surface area contributed by atoms with Crippen molar-refractivity contribution < 1.29 is 9.21 Å². The Morgan fingerprint density at radius 3 is 2.58 bits per heavy atom. The van der Waals surface area contributed by atoms with Crippen LogP contribution in [0.25, 0.3) is 0 Å². The molecule has 0 bridgehead atoms. The van der Waals surface area contributed by atoms with Gasteiger partial charge >= 0.3 is 0 Å². The van der Waals surface area contributed by atoms with E-state index in [0.29, 0.717) is 24.6 Å². The van der Waals surface area contributed by atoms with Gasteiger partial charge in [0.25, 0.3) is 0 Å². The van der Waals surface area contributed by atoms with Crippen LogP contribution in [0.15, 0.2) is 46.9 Å². The zero-order valence-electron chi connectivity index (χ0n) is 10.7. The molecule has 0 saturated carbocycles. The molecule has 2 aromatic rings. The quantitative estimate of drug-likeness (QED) is 0.766. The molecule has 0 fully saturated rings. The molecule has 0 aliphatic heterocycles. The maximum Gasteiger partial charge on any atom is 0.200 e. The number of benzene rings is 1. The Hall–Kier alpha value is -2.54. The van der Waals surface area contributed by atoms with E-state index < -0.39 is 0 Å². The van der Waals surface area contributed by atoms with Crippen molar-refractivity contribution in [3.63, 3.8) is 0 Å². The van der Waals surface area contributed by atoms with Crippen LogP contribution in [-0.4, -0.2) is 12.3 Å². The van der Waals surface area contributed by atoms with Crippen LogP contribution in [-0.2, 0) is 0 Å². The van der Waals surface area contributed by atoms with Gasteiger partial charge in [0.2, 0.25) is 5.88 Å². The Bertz CT molecular complexity index is 596. The summed E-state index contributed by atoms with van der Waals surface area (Å²) in [5.74, 6) is 0.791. The second-order valence-corrected chi connectivity index (χ2v) is 4.09. The highest BCUT2D eigenvalue weighted by molar-refractivity contribution is 5.91. The standard InChI is InChI=1S/C15H14N2O2/c1-12(18)14-8-9-15(19-14)17(11-5-10-16)13-6-3-2-4-7-13/h2-4,6-9H,5,11H2,1H3. The maximum absolute atomic E-state index is 11.3. The maximum atomic E-state index is 11.3. The van der Waals surface area contributed by atoms with Crippen molar-refractivity contribution >= 4 is 17.4 Å². The minimum Gasteiger partial charge on any atom is -0.437 e. The van der Waals surface area contributed by atoms with Crippen LogP contribution in [0.1, 0.15) is 23.9 Å². The summed E-state index contributed by atoms with van der Waals surface area (Å²) in [6, 6.07) is 15.2. The lowest BCUT2D eigenvalue weighted by Gasteiger charge is -2.20. The third-order valence-corrected chi connectivity index (χ3v) is 2.72. The fourth-order valence-electron chi connectivity index (χ4n) is 1.80. The molecule has 2 rings (SSSR count). The number of rotatable bonds is 5. The molecule has 0 unspecified atom stereocenters. The minimum atomic E-state index is -0.112. The number of anilines is 2. The molecular formula is C15H14N2O2. The van der Waals surface area contributed by atoms with Gasteiger partial charge in [0.05, 0.1) is 12.5 Å². The van der Waals surface area contributed by atoms with E-state index in [1.165, 1.54) is 6.92 Å². The molecule has 96 valence electrons.